The molecule has 4 atom stereocenters. The first kappa shape index (κ1) is 16.4. The molecule has 6 heteroatoms. The predicted molar refractivity (Wildman–Crippen MR) is 103 cm³/mol. The normalized spacial score (nSPS) is 27.5. The molecular weight excluding hydrogens is 338 g/mol. The lowest BCUT2D eigenvalue weighted by atomic mass is 9.77. The Morgan fingerprint density at radius 2 is 1.74 bits per heavy atom. The molecule has 1 aromatic carbocycles. The zero-order valence-electron chi connectivity index (χ0n) is 15.1. The summed E-state index contributed by atoms with van der Waals surface area (Å²) in [6, 6.07) is 14.4. The van der Waals surface area contributed by atoms with Crippen LogP contribution >= 0.6 is 0 Å². The number of aliphatic hydroxyl groups is 1. The lowest BCUT2D eigenvalue weighted by Crippen LogP contribution is -2.35. The number of aromatic nitrogens is 4. The van der Waals surface area contributed by atoms with Gasteiger partial charge in [-0.2, -0.15) is 0 Å². The maximum absolute atomic E-state index is 10.6. The molecule has 2 aromatic heterocycles. The van der Waals surface area contributed by atoms with E-state index in [1.165, 1.54) is 0 Å². The van der Waals surface area contributed by atoms with Gasteiger partial charge in [-0.05, 0) is 36.8 Å². The maximum Gasteiger partial charge on any atom is 0.151 e. The van der Waals surface area contributed by atoms with Crippen molar-refractivity contribution in [2.24, 2.45) is 11.8 Å². The van der Waals surface area contributed by atoms with Gasteiger partial charge in [0.1, 0.15) is 0 Å². The van der Waals surface area contributed by atoms with Crippen molar-refractivity contribution in [1.29, 1.82) is 0 Å². The summed E-state index contributed by atoms with van der Waals surface area (Å²) in [6.07, 6.45) is 7.05. The van der Waals surface area contributed by atoms with Crippen LogP contribution in [-0.2, 0) is 0 Å². The van der Waals surface area contributed by atoms with E-state index < -0.39 is 0 Å². The molecule has 3 heterocycles. The largest absolute Gasteiger partial charge is 0.391 e. The zero-order chi connectivity index (χ0) is 18.2. The number of imidazole rings is 1. The van der Waals surface area contributed by atoms with Crippen LogP contribution in [0.4, 0.5) is 5.82 Å². The summed E-state index contributed by atoms with van der Waals surface area (Å²) in [5, 5.41) is 19.5. The Balaban J connectivity index is 1.31. The second-order valence-corrected chi connectivity index (χ2v) is 7.68. The van der Waals surface area contributed by atoms with Crippen molar-refractivity contribution in [1.82, 2.24) is 19.7 Å². The molecule has 0 unspecified atom stereocenters. The SMILES string of the molecule is O[C@@H]1C[C@H]2CN(c3ccc(-c4ccccc4)nn3)C[C@H]2C[C@H]1n1ccnc1. The molecule has 1 saturated carbocycles. The fraction of sp³-hybridized carbons (Fsp3) is 0.381. The highest BCUT2D eigenvalue weighted by Crippen LogP contribution is 2.42. The third-order valence-corrected chi connectivity index (χ3v) is 6.06. The molecule has 6 nitrogen and oxygen atoms in total. The van der Waals surface area contributed by atoms with Gasteiger partial charge in [0.2, 0.25) is 0 Å². The quantitative estimate of drug-likeness (QED) is 0.777. The van der Waals surface area contributed by atoms with E-state index >= 15 is 0 Å². The van der Waals surface area contributed by atoms with Gasteiger partial charge in [-0.1, -0.05) is 30.3 Å². The van der Waals surface area contributed by atoms with Gasteiger partial charge in [-0.15, -0.1) is 10.2 Å². The summed E-state index contributed by atoms with van der Waals surface area (Å²) in [7, 11) is 0. The van der Waals surface area contributed by atoms with E-state index in [1.807, 2.05) is 48.9 Å². The highest BCUT2D eigenvalue weighted by Gasteiger charge is 2.42. The number of rotatable bonds is 3. The fourth-order valence-corrected chi connectivity index (χ4v) is 4.64. The summed E-state index contributed by atoms with van der Waals surface area (Å²) in [5.41, 5.74) is 1.98. The monoisotopic (exact) mass is 361 g/mol. The van der Waals surface area contributed by atoms with E-state index in [4.69, 9.17) is 0 Å². The third-order valence-electron chi connectivity index (χ3n) is 6.06. The van der Waals surface area contributed by atoms with Crippen molar-refractivity contribution in [3.63, 3.8) is 0 Å². The molecule has 2 fully saturated rings. The van der Waals surface area contributed by atoms with Crippen LogP contribution < -0.4 is 4.90 Å². The lowest BCUT2D eigenvalue weighted by Gasteiger charge is -2.35. The number of hydrogen-bond acceptors (Lipinski definition) is 5. The minimum atomic E-state index is -0.313. The topological polar surface area (TPSA) is 67.1 Å². The molecule has 138 valence electrons. The van der Waals surface area contributed by atoms with Gasteiger partial charge in [0.15, 0.2) is 5.82 Å². The van der Waals surface area contributed by atoms with Crippen LogP contribution in [0.25, 0.3) is 11.3 Å². The van der Waals surface area contributed by atoms with E-state index in [0.29, 0.717) is 11.8 Å². The summed E-state index contributed by atoms with van der Waals surface area (Å²) >= 11 is 0. The van der Waals surface area contributed by atoms with Crippen molar-refractivity contribution in [2.75, 3.05) is 18.0 Å². The van der Waals surface area contributed by atoms with Gasteiger partial charge in [0.05, 0.1) is 24.2 Å². The molecule has 1 saturated heterocycles. The van der Waals surface area contributed by atoms with E-state index in [-0.39, 0.29) is 12.1 Å². The van der Waals surface area contributed by atoms with Gasteiger partial charge in [-0.3, -0.25) is 0 Å². The van der Waals surface area contributed by atoms with Crippen LogP contribution in [0.5, 0.6) is 0 Å². The van der Waals surface area contributed by atoms with Crippen molar-refractivity contribution < 1.29 is 5.11 Å². The van der Waals surface area contributed by atoms with Crippen LogP contribution in [0.3, 0.4) is 0 Å². The van der Waals surface area contributed by atoms with Crippen LogP contribution in [0.2, 0.25) is 0 Å². The van der Waals surface area contributed by atoms with Crippen molar-refractivity contribution >= 4 is 5.82 Å². The Kier molecular flexibility index (Phi) is 4.13. The molecule has 1 aliphatic heterocycles. The van der Waals surface area contributed by atoms with E-state index in [0.717, 1.165) is 43.0 Å². The van der Waals surface area contributed by atoms with Gasteiger partial charge in [0.25, 0.3) is 0 Å². The molecule has 1 aliphatic carbocycles. The number of fused-ring (bicyclic) bond motifs is 1. The van der Waals surface area contributed by atoms with Crippen molar-refractivity contribution in [3.8, 4) is 11.3 Å². The highest BCUT2D eigenvalue weighted by molar-refractivity contribution is 5.59. The van der Waals surface area contributed by atoms with Crippen molar-refractivity contribution in [3.05, 3.63) is 61.2 Å². The second kappa shape index (κ2) is 6.78. The van der Waals surface area contributed by atoms with Crippen LogP contribution in [0.1, 0.15) is 18.9 Å². The molecule has 0 spiro atoms. The Bertz CT molecular complexity index is 881. The Morgan fingerprint density at radius 1 is 0.926 bits per heavy atom. The van der Waals surface area contributed by atoms with Crippen LogP contribution in [0.15, 0.2) is 61.2 Å². The first-order valence-corrected chi connectivity index (χ1v) is 9.57. The van der Waals surface area contributed by atoms with Crippen LogP contribution in [0, 0.1) is 11.8 Å². The highest BCUT2D eigenvalue weighted by atomic mass is 16.3. The van der Waals surface area contributed by atoms with Gasteiger partial charge >= 0.3 is 0 Å². The number of benzene rings is 1. The predicted octanol–water partition coefficient (Wildman–Crippen LogP) is 2.79. The van der Waals surface area contributed by atoms with E-state index in [1.54, 1.807) is 6.20 Å². The first-order chi connectivity index (χ1) is 13.3. The van der Waals surface area contributed by atoms with E-state index in [2.05, 4.69) is 30.7 Å². The molecule has 3 aromatic rings. The Hall–Kier alpha value is -2.73. The average molecular weight is 361 g/mol. The van der Waals surface area contributed by atoms with Gasteiger partial charge in [0, 0.05) is 31.0 Å². The molecule has 0 radical (unpaired) electrons. The molecule has 0 bridgehead atoms. The summed E-state index contributed by atoms with van der Waals surface area (Å²) in [4.78, 5) is 6.46. The van der Waals surface area contributed by atoms with Crippen molar-refractivity contribution in [2.45, 2.75) is 25.0 Å². The molecule has 0 amide bonds. The Morgan fingerprint density at radius 3 is 2.44 bits per heavy atom. The maximum atomic E-state index is 10.6. The smallest absolute Gasteiger partial charge is 0.151 e. The van der Waals surface area contributed by atoms with E-state index in [9.17, 15) is 5.11 Å². The minimum absolute atomic E-state index is 0.125. The third kappa shape index (κ3) is 3.10. The number of aliphatic hydroxyl groups excluding tert-OH is 1. The summed E-state index contributed by atoms with van der Waals surface area (Å²) in [6.45, 7) is 1.92. The number of anilines is 1. The average Bonchev–Trinajstić information content (AvgIpc) is 3.38. The zero-order valence-corrected chi connectivity index (χ0v) is 15.1. The molecular formula is C21H23N5O. The second-order valence-electron chi connectivity index (χ2n) is 7.68. The standard InChI is InChI=1S/C21H23N5O/c27-20-11-17-13-26(12-16(17)10-19(20)25-9-8-22-14-25)21-7-6-18(23-24-21)15-4-2-1-3-5-15/h1-9,14,16-17,19-20,27H,10-13H2/t16-,17+,19-,20-/m1/s1. The molecule has 5 rings (SSSR count). The lowest BCUT2D eigenvalue weighted by molar-refractivity contribution is 0.0358. The Labute approximate surface area is 158 Å². The summed E-state index contributed by atoms with van der Waals surface area (Å²) < 4.78 is 2.05. The fourth-order valence-electron chi connectivity index (χ4n) is 4.64. The molecule has 1 N–H and O–H groups in total. The number of nitrogens with zero attached hydrogens (tertiary/aromatic N) is 5. The number of hydrogen-bond donors (Lipinski definition) is 1. The molecule has 27 heavy (non-hydrogen) atoms. The minimum Gasteiger partial charge on any atom is -0.391 e. The van der Waals surface area contributed by atoms with Crippen LogP contribution in [-0.4, -0.2) is 44.0 Å². The summed E-state index contributed by atoms with van der Waals surface area (Å²) in [5.74, 6) is 2.00. The first-order valence-electron chi connectivity index (χ1n) is 9.57. The van der Waals surface area contributed by atoms with Gasteiger partial charge < -0.3 is 14.6 Å². The van der Waals surface area contributed by atoms with Gasteiger partial charge in [-0.25, -0.2) is 4.98 Å². The molecule has 2 aliphatic rings.